The summed E-state index contributed by atoms with van der Waals surface area (Å²) in [6.07, 6.45) is -0.604. The van der Waals surface area contributed by atoms with Gasteiger partial charge in [-0.2, -0.15) is 0 Å². The minimum Gasteiger partial charge on any atom is -0.383 e. The standard InChI is InChI=1S/C33H32N2O3/c36-31-29(21-25-13-5-1-6-14-25)34(23-27-17-9-3-10-18-27)33(38)35(24-28-19-11-4-12-20-28)30(32(31)37)22-26-15-7-2-8-16-26/h1-20,29-31,36H,21-24H2/t29-,30+,31+/m1/s1. The van der Waals surface area contributed by atoms with E-state index in [0.29, 0.717) is 19.4 Å². The SMILES string of the molecule is O=C1[C@@H](O)[C@@H](Cc2ccccc2)N(Cc2ccccc2)C(=O)N(Cc2ccccc2)[C@H]1Cc1ccccc1. The van der Waals surface area contributed by atoms with Crippen LogP contribution in [-0.2, 0) is 30.7 Å². The molecule has 0 spiro atoms. The summed E-state index contributed by atoms with van der Waals surface area (Å²) in [6, 6.07) is 37.2. The van der Waals surface area contributed by atoms with E-state index in [1.54, 1.807) is 9.80 Å². The van der Waals surface area contributed by atoms with Crippen molar-refractivity contribution in [2.45, 2.75) is 44.1 Å². The molecule has 4 aromatic carbocycles. The van der Waals surface area contributed by atoms with Crippen molar-refractivity contribution in [3.63, 3.8) is 0 Å². The van der Waals surface area contributed by atoms with E-state index in [1.165, 1.54) is 0 Å². The van der Waals surface area contributed by atoms with Crippen LogP contribution in [0.5, 0.6) is 0 Å². The van der Waals surface area contributed by atoms with Gasteiger partial charge in [0.15, 0.2) is 5.78 Å². The zero-order chi connectivity index (χ0) is 26.3. The summed E-state index contributed by atoms with van der Waals surface area (Å²) < 4.78 is 0. The van der Waals surface area contributed by atoms with Crippen LogP contribution >= 0.6 is 0 Å². The van der Waals surface area contributed by atoms with E-state index in [-0.39, 0.29) is 18.4 Å². The molecule has 5 nitrogen and oxygen atoms in total. The molecule has 2 amide bonds. The fourth-order valence-electron chi connectivity index (χ4n) is 5.20. The highest BCUT2D eigenvalue weighted by Crippen LogP contribution is 2.28. The Kier molecular flexibility index (Phi) is 7.95. The number of urea groups is 1. The molecule has 0 radical (unpaired) electrons. The van der Waals surface area contributed by atoms with Crippen LogP contribution in [0, 0.1) is 0 Å². The van der Waals surface area contributed by atoms with Crippen molar-refractivity contribution in [1.82, 2.24) is 9.80 Å². The molecule has 1 N–H and O–H groups in total. The number of aliphatic hydroxyl groups excluding tert-OH is 1. The smallest absolute Gasteiger partial charge is 0.321 e. The zero-order valence-electron chi connectivity index (χ0n) is 21.3. The maximum absolute atomic E-state index is 14.4. The van der Waals surface area contributed by atoms with Gasteiger partial charge < -0.3 is 14.9 Å². The van der Waals surface area contributed by atoms with Crippen molar-refractivity contribution in [2.24, 2.45) is 0 Å². The number of benzene rings is 4. The second-order valence-electron chi connectivity index (χ2n) is 9.82. The quantitative estimate of drug-likeness (QED) is 0.355. The molecule has 1 aliphatic rings. The first-order chi connectivity index (χ1) is 18.6. The molecule has 1 heterocycles. The van der Waals surface area contributed by atoms with Gasteiger partial charge in [0, 0.05) is 19.5 Å². The van der Waals surface area contributed by atoms with Crippen LogP contribution in [0.3, 0.4) is 0 Å². The van der Waals surface area contributed by atoms with E-state index in [9.17, 15) is 14.7 Å². The number of Topliss-reactive ketones (excluding diaryl/α,β-unsaturated/α-hetero) is 1. The number of carbonyl (C=O) groups excluding carboxylic acids is 2. The summed E-state index contributed by atoms with van der Waals surface area (Å²) in [5.74, 6) is -0.324. The normalized spacial score (nSPS) is 19.9. The number of hydrogen-bond acceptors (Lipinski definition) is 3. The third-order valence-electron chi connectivity index (χ3n) is 7.20. The number of hydrogen-bond donors (Lipinski definition) is 1. The van der Waals surface area contributed by atoms with Crippen molar-refractivity contribution in [3.05, 3.63) is 144 Å². The molecule has 4 aromatic rings. The second-order valence-corrected chi connectivity index (χ2v) is 9.82. The van der Waals surface area contributed by atoms with Crippen LogP contribution in [-0.4, -0.2) is 44.9 Å². The van der Waals surface area contributed by atoms with Gasteiger partial charge in [-0.15, -0.1) is 0 Å². The first kappa shape index (κ1) is 25.4. The molecule has 192 valence electrons. The molecule has 1 aliphatic heterocycles. The number of amides is 2. The maximum atomic E-state index is 14.4. The second kappa shape index (κ2) is 11.9. The topological polar surface area (TPSA) is 60.9 Å². The van der Waals surface area contributed by atoms with Gasteiger partial charge in [0.2, 0.25) is 0 Å². The van der Waals surface area contributed by atoms with Crippen molar-refractivity contribution >= 4 is 11.8 Å². The Morgan fingerprint density at radius 3 is 1.39 bits per heavy atom. The Balaban J connectivity index is 1.58. The minimum atomic E-state index is -1.32. The Morgan fingerprint density at radius 1 is 0.526 bits per heavy atom. The highest BCUT2D eigenvalue weighted by Gasteiger charge is 2.46. The third kappa shape index (κ3) is 5.84. The van der Waals surface area contributed by atoms with Crippen LogP contribution in [0.2, 0.25) is 0 Å². The number of ketones is 1. The first-order valence-electron chi connectivity index (χ1n) is 13.0. The molecule has 0 unspecified atom stereocenters. The van der Waals surface area contributed by atoms with Crippen LogP contribution in [0.25, 0.3) is 0 Å². The summed E-state index contributed by atoms with van der Waals surface area (Å²) in [5.41, 5.74) is 3.79. The molecule has 38 heavy (non-hydrogen) atoms. The molecule has 0 aromatic heterocycles. The Morgan fingerprint density at radius 2 is 0.921 bits per heavy atom. The number of carbonyl (C=O) groups is 2. The van der Waals surface area contributed by atoms with Crippen LogP contribution in [0.15, 0.2) is 121 Å². The summed E-state index contributed by atoms with van der Waals surface area (Å²) in [6.45, 7) is 0.573. The number of nitrogens with zero attached hydrogens (tertiary/aromatic N) is 2. The van der Waals surface area contributed by atoms with Gasteiger partial charge in [0.1, 0.15) is 6.10 Å². The molecular weight excluding hydrogens is 472 g/mol. The average molecular weight is 505 g/mol. The van der Waals surface area contributed by atoms with Gasteiger partial charge in [0.05, 0.1) is 12.1 Å². The molecule has 0 aliphatic carbocycles. The van der Waals surface area contributed by atoms with E-state index in [4.69, 9.17) is 0 Å². The number of aliphatic hydroxyl groups is 1. The fourth-order valence-corrected chi connectivity index (χ4v) is 5.20. The molecule has 1 fully saturated rings. The predicted octanol–water partition coefficient (Wildman–Crippen LogP) is 5.28. The monoisotopic (exact) mass is 504 g/mol. The summed E-state index contributed by atoms with van der Waals surface area (Å²) >= 11 is 0. The van der Waals surface area contributed by atoms with Crippen LogP contribution in [0.4, 0.5) is 4.79 Å². The minimum absolute atomic E-state index is 0.246. The predicted molar refractivity (Wildman–Crippen MR) is 148 cm³/mol. The van der Waals surface area contributed by atoms with Crippen molar-refractivity contribution < 1.29 is 14.7 Å². The van der Waals surface area contributed by atoms with E-state index in [0.717, 1.165) is 22.3 Å². The van der Waals surface area contributed by atoms with Crippen molar-refractivity contribution in [1.29, 1.82) is 0 Å². The molecule has 0 saturated carbocycles. The lowest BCUT2D eigenvalue weighted by molar-refractivity contribution is -0.132. The summed E-state index contributed by atoms with van der Waals surface area (Å²) in [4.78, 5) is 31.8. The highest BCUT2D eigenvalue weighted by atomic mass is 16.3. The molecule has 5 heteroatoms. The lowest BCUT2D eigenvalue weighted by Crippen LogP contribution is -2.50. The van der Waals surface area contributed by atoms with Crippen LogP contribution < -0.4 is 0 Å². The van der Waals surface area contributed by atoms with Gasteiger partial charge in [-0.1, -0.05) is 121 Å². The van der Waals surface area contributed by atoms with E-state index < -0.39 is 18.2 Å². The maximum Gasteiger partial charge on any atom is 0.321 e. The molecule has 3 atom stereocenters. The molecule has 1 saturated heterocycles. The Hall–Kier alpha value is -4.22. The van der Waals surface area contributed by atoms with Gasteiger partial charge >= 0.3 is 6.03 Å². The van der Waals surface area contributed by atoms with Gasteiger partial charge in [-0.05, 0) is 28.7 Å². The Bertz CT molecular complexity index is 1330. The molecular formula is C33H32N2O3. The highest BCUT2D eigenvalue weighted by molar-refractivity contribution is 5.94. The van der Waals surface area contributed by atoms with E-state index >= 15 is 0 Å². The van der Waals surface area contributed by atoms with Gasteiger partial charge in [-0.25, -0.2) is 4.79 Å². The van der Waals surface area contributed by atoms with Crippen molar-refractivity contribution in [3.8, 4) is 0 Å². The third-order valence-corrected chi connectivity index (χ3v) is 7.20. The molecule has 5 rings (SSSR count). The fraction of sp³-hybridized carbons (Fsp3) is 0.212. The zero-order valence-corrected chi connectivity index (χ0v) is 21.3. The van der Waals surface area contributed by atoms with Gasteiger partial charge in [-0.3, -0.25) is 4.79 Å². The largest absolute Gasteiger partial charge is 0.383 e. The van der Waals surface area contributed by atoms with Gasteiger partial charge in [0.25, 0.3) is 0 Å². The summed E-state index contributed by atoms with van der Waals surface area (Å²) in [5, 5.41) is 11.6. The lowest BCUT2D eigenvalue weighted by Gasteiger charge is -2.35. The Labute approximate surface area is 224 Å². The average Bonchev–Trinajstić information content (AvgIpc) is 3.03. The van der Waals surface area contributed by atoms with E-state index in [1.807, 2.05) is 121 Å². The lowest BCUT2D eigenvalue weighted by atomic mass is 9.92. The summed E-state index contributed by atoms with van der Waals surface area (Å²) in [7, 11) is 0. The first-order valence-corrected chi connectivity index (χ1v) is 13.0. The van der Waals surface area contributed by atoms with E-state index in [2.05, 4.69) is 0 Å². The number of rotatable bonds is 8. The van der Waals surface area contributed by atoms with Crippen LogP contribution in [0.1, 0.15) is 22.3 Å². The molecule has 0 bridgehead atoms. The van der Waals surface area contributed by atoms with Crippen molar-refractivity contribution in [2.75, 3.05) is 0 Å².